The van der Waals surface area contributed by atoms with Crippen molar-refractivity contribution in [2.75, 3.05) is 27.2 Å². The van der Waals surface area contributed by atoms with Crippen molar-refractivity contribution in [3.8, 4) is 0 Å². The molecule has 2 atom stereocenters. The Balaban J connectivity index is 2.18. The van der Waals surface area contributed by atoms with E-state index in [0.29, 0.717) is 12.1 Å². The Morgan fingerprint density at radius 1 is 0.917 bits per heavy atom. The number of allylic oxidation sites excluding steroid dienone is 2. The second kappa shape index (κ2) is 3.04. The fraction of sp³-hybridized carbons (Fsp3) is 0.600. The number of hydrogen-bond donors (Lipinski definition) is 0. The van der Waals surface area contributed by atoms with Crippen LogP contribution in [0.5, 0.6) is 0 Å². The van der Waals surface area contributed by atoms with E-state index in [1.165, 1.54) is 13.1 Å². The highest BCUT2D eigenvalue weighted by atomic mass is 15.3. The summed E-state index contributed by atoms with van der Waals surface area (Å²) in [7, 11) is 4.41. The quantitative estimate of drug-likeness (QED) is 0.520. The van der Waals surface area contributed by atoms with Gasteiger partial charge in [0, 0.05) is 25.2 Å². The molecule has 0 saturated carbocycles. The van der Waals surface area contributed by atoms with Gasteiger partial charge in [-0.2, -0.15) is 0 Å². The van der Waals surface area contributed by atoms with Crippen molar-refractivity contribution in [2.24, 2.45) is 0 Å². The first kappa shape index (κ1) is 8.02. The predicted octanol–water partition coefficient (Wildman–Crippen LogP) is 0.727. The third kappa shape index (κ3) is 1.21. The third-order valence-electron chi connectivity index (χ3n) is 2.90. The fourth-order valence-electron chi connectivity index (χ4n) is 2.01. The van der Waals surface area contributed by atoms with E-state index in [1.807, 2.05) is 0 Å². The summed E-state index contributed by atoms with van der Waals surface area (Å²) >= 11 is 0. The molecule has 2 unspecified atom stereocenters. The van der Waals surface area contributed by atoms with Crippen molar-refractivity contribution >= 4 is 0 Å². The van der Waals surface area contributed by atoms with Crippen LogP contribution in [0.1, 0.15) is 0 Å². The summed E-state index contributed by atoms with van der Waals surface area (Å²) in [6.45, 7) is 2.35. The first-order valence-corrected chi connectivity index (χ1v) is 4.54. The van der Waals surface area contributed by atoms with Gasteiger partial charge in [-0.15, -0.1) is 0 Å². The highest BCUT2D eigenvalue weighted by Crippen LogP contribution is 2.19. The molecular formula is C10H16N2. The summed E-state index contributed by atoms with van der Waals surface area (Å²) in [5.74, 6) is 0. The number of piperazine rings is 1. The van der Waals surface area contributed by atoms with Gasteiger partial charge in [-0.05, 0) is 14.1 Å². The molecule has 1 aliphatic heterocycles. The number of hydrogen-bond acceptors (Lipinski definition) is 2. The van der Waals surface area contributed by atoms with Crippen LogP contribution in [0.15, 0.2) is 24.3 Å². The number of nitrogens with zero attached hydrogens (tertiary/aromatic N) is 2. The molecule has 2 aliphatic rings. The lowest BCUT2D eigenvalue weighted by atomic mass is 9.98. The molecule has 0 aromatic rings. The normalized spacial score (nSPS) is 36.8. The largest absolute Gasteiger partial charge is 0.297 e. The van der Waals surface area contributed by atoms with Crippen LogP contribution in [0.3, 0.4) is 0 Å². The maximum absolute atomic E-state index is 2.42. The van der Waals surface area contributed by atoms with E-state index in [2.05, 4.69) is 48.2 Å². The van der Waals surface area contributed by atoms with Crippen LogP contribution >= 0.6 is 0 Å². The third-order valence-corrected chi connectivity index (χ3v) is 2.90. The standard InChI is InChI=1S/C10H16N2/c1-11-7-8-12(2)10-6-4-3-5-9(10)11/h3-6,9-10H,7-8H2,1-2H3. The minimum atomic E-state index is 0.591. The minimum Gasteiger partial charge on any atom is -0.297 e. The fourth-order valence-corrected chi connectivity index (χ4v) is 2.01. The number of likely N-dealkylation sites (N-methyl/N-ethyl adjacent to an activating group) is 2. The molecular weight excluding hydrogens is 148 g/mol. The maximum Gasteiger partial charge on any atom is 0.0470 e. The molecule has 1 heterocycles. The molecule has 1 fully saturated rings. The van der Waals surface area contributed by atoms with Crippen molar-refractivity contribution in [3.63, 3.8) is 0 Å². The molecule has 0 amide bonds. The highest BCUT2D eigenvalue weighted by molar-refractivity contribution is 5.21. The summed E-state index contributed by atoms with van der Waals surface area (Å²) in [4.78, 5) is 4.84. The lowest BCUT2D eigenvalue weighted by molar-refractivity contribution is 0.101. The van der Waals surface area contributed by atoms with Crippen LogP contribution < -0.4 is 0 Å². The molecule has 2 heteroatoms. The first-order valence-electron chi connectivity index (χ1n) is 4.54. The zero-order valence-corrected chi connectivity index (χ0v) is 7.77. The van der Waals surface area contributed by atoms with E-state index in [1.54, 1.807) is 0 Å². The molecule has 12 heavy (non-hydrogen) atoms. The van der Waals surface area contributed by atoms with E-state index in [0.717, 1.165) is 0 Å². The molecule has 1 aliphatic carbocycles. The second-order valence-electron chi connectivity index (χ2n) is 3.71. The molecule has 2 rings (SSSR count). The summed E-state index contributed by atoms with van der Waals surface area (Å²) in [6, 6.07) is 1.18. The Morgan fingerprint density at radius 3 is 1.75 bits per heavy atom. The Hall–Kier alpha value is -0.600. The lowest BCUT2D eigenvalue weighted by Crippen LogP contribution is -2.55. The van der Waals surface area contributed by atoms with E-state index in [4.69, 9.17) is 0 Å². The molecule has 0 radical (unpaired) electrons. The van der Waals surface area contributed by atoms with Crippen LogP contribution in [0.2, 0.25) is 0 Å². The molecule has 0 aromatic carbocycles. The van der Waals surface area contributed by atoms with Crippen molar-refractivity contribution < 1.29 is 0 Å². The summed E-state index contributed by atoms with van der Waals surface area (Å²) in [6.07, 6.45) is 8.88. The highest BCUT2D eigenvalue weighted by Gasteiger charge is 2.29. The van der Waals surface area contributed by atoms with E-state index >= 15 is 0 Å². The average molecular weight is 164 g/mol. The molecule has 66 valence electrons. The number of fused-ring (bicyclic) bond motifs is 1. The van der Waals surface area contributed by atoms with Crippen molar-refractivity contribution in [2.45, 2.75) is 12.1 Å². The van der Waals surface area contributed by atoms with Gasteiger partial charge in [0.05, 0.1) is 0 Å². The van der Waals surface area contributed by atoms with Gasteiger partial charge in [0.2, 0.25) is 0 Å². The zero-order chi connectivity index (χ0) is 8.55. The van der Waals surface area contributed by atoms with Gasteiger partial charge < -0.3 is 0 Å². The van der Waals surface area contributed by atoms with Crippen molar-refractivity contribution in [1.29, 1.82) is 0 Å². The Kier molecular flexibility index (Phi) is 2.03. The van der Waals surface area contributed by atoms with E-state index < -0.39 is 0 Å². The van der Waals surface area contributed by atoms with Crippen LogP contribution in [0.25, 0.3) is 0 Å². The topological polar surface area (TPSA) is 6.48 Å². The molecule has 0 aromatic heterocycles. The molecule has 0 N–H and O–H groups in total. The van der Waals surface area contributed by atoms with Crippen LogP contribution in [0.4, 0.5) is 0 Å². The zero-order valence-electron chi connectivity index (χ0n) is 7.77. The van der Waals surface area contributed by atoms with Crippen LogP contribution in [-0.2, 0) is 0 Å². The first-order chi connectivity index (χ1) is 5.79. The molecule has 1 saturated heterocycles. The maximum atomic E-state index is 2.42. The van der Waals surface area contributed by atoms with Crippen LogP contribution in [0, 0.1) is 0 Å². The van der Waals surface area contributed by atoms with Crippen LogP contribution in [-0.4, -0.2) is 49.1 Å². The lowest BCUT2D eigenvalue weighted by Gasteiger charge is -2.43. The van der Waals surface area contributed by atoms with Crippen molar-refractivity contribution in [1.82, 2.24) is 9.80 Å². The van der Waals surface area contributed by atoms with E-state index in [-0.39, 0.29) is 0 Å². The van der Waals surface area contributed by atoms with Gasteiger partial charge in [-0.25, -0.2) is 0 Å². The predicted molar refractivity (Wildman–Crippen MR) is 51.1 cm³/mol. The molecule has 0 bridgehead atoms. The Bertz CT molecular complexity index is 196. The monoisotopic (exact) mass is 164 g/mol. The SMILES string of the molecule is CN1CCN(C)C2C=CC=CC21. The van der Waals surface area contributed by atoms with E-state index in [9.17, 15) is 0 Å². The molecule has 2 nitrogen and oxygen atoms in total. The van der Waals surface area contributed by atoms with Gasteiger partial charge in [-0.1, -0.05) is 24.3 Å². The number of rotatable bonds is 0. The average Bonchev–Trinajstić information content (AvgIpc) is 2.12. The van der Waals surface area contributed by atoms with Gasteiger partial charge in [-0.3, -0.25) is 9.80 Å². The summed E-state index contributed by atoms with van der Waals surface area (Å²) < 4.78 is 0. The molecule has 0 spiro atoms. The van der Waals surface area contributed by atoms with Gasteiger partial charge in [0.1, 0.15) is 0 Å². The second-order valence-corrected chi connectivity index (χ2v) is 3.71. The van der Waals surface area contributed by atoms with Gasteiger partial charge in [0.25, 0.3) is 0 Å². The minimum absolute atomic E-state index is 0.591. The Morgan fingerprint density at radius 2 is 1.33 bits per heavy atom. The summed E-state index contributed by atoms with van der Waals surface area (Å²) in [5, 5.41) is 0. The van der Waals surface area contributed by atoms with Gasteiger partial charge in [0.15, 0.2) is 0 Å². The van der Waals surface area contributed by atoms with Crippen molar-refractivity contribution in [3.05, 3.63) is 24.3 Å². The smallest absolute Gasteiger partial charge is 0.0470 e. The Labute approximate surface area is 74.2 Å². The van der Waals surface area contributed by atoms with Gasteiger partial charge >= 0.3 is 0 Å². The summed E-state index contributed by atoms with van der Waals surface area (Å²) in [5.41, 5.74) is 0.